The van der Waals surface area contributed by atoms with Gasteiger partial charge in [-0.2, -0.15) is 5.10 Å². The highest BCUT2D eigenvalue weighted by molar-refractivity contribution is 6.06. The third-order valence-electron chi connectivity index (χ3n) is 6.85. The van der Waals surface area contributed by atoms with Crippen molar-refractivity contribution in [2.45, 2.75) is 45.6 Å². The number of phenols is 1. The molecule has 0 radical (unpaired) electrons. The second-order valence-electron chi connectivity index (χ2n) is 9.45. The lowest BCUT2D eigenvalue weighted by Gasteiger charge is -2.32. The molecule has 2 aromatic carbocycles. The second kappa shape index (κ2) is 8.93. The number of hydrogen-bond donors (Lipinski definition) is 1. The number of nitrogens with zero attached hydrogens (tertiary/aromatic N) is 4. The molecular formula is C28H30N4O2. The van der Waals surface area contributed by atoms with Gasteiger partial charge in [-0.15, -0.1) is 0 Å². The van der Waals surface area contributed by atoms with Crippen molar-refractivity contribution in [2.24, 2.45) is 0 Å². The third kappa shape index (κ3) is 4.04. The first-order valence-electron chi connectivity index (χ1n) is 11.9. The molecule has 6 heteroatoms. The Hall–Kier alpha value is -3.67. The summed E-state index contributed by atoms with van der Waals surface area (Å²) in [4.78, 5) is 20.7. The van der Waals surface area contributed by atoms with Gasteiger partial charge in [-0.3, -0.25) is 4.79 Å². The van der Waals surface area contributed by atoms with Crippen LogP contribution in [0.5, 0.6) is 5.75 Å². The van der Waals surface area contributed by atoms with Gasteiger partial charge >= 0.3 is 0 Å². The molecular weight excluding hydrogens is 424 g/mol. The molecule has 1 aliphatic heterocycles. The summed E-state index contributed by atoms with van der Waals surface area (Å²) in [5, 5.41) is 14.9. The molecule has 0 bridgehead atoms. The largest absolute Gasteiger partial charge is 0.508 e. The number of fused-ring (bicyclic) bond motifs is 1. The topological polar surface area (TPSA) is 71.2 Å². The van der Waals surface area contributed by atoms with Crippen LogP contribution in [0.3, 0.4) is 0 Å². The predicted octanol–water partition coefficient (Wildman–Crippen LogP) is 5.71. The highest BCUT2D eigenvalue weighted by atomic mass is 16.3. The molecule has 0 unspecified atom stereocenters. The van der Waals surface area contributed by atoms with Gasteiger partial charge in [0.1, 0.15) is 5.75 Å². The van der Waals surface area contributed by atoms with Crippen molar-refractivity contribution < 1.29 is 9.90 Å². The lowest BCUT2D eigenvalue weighted by atomic mass is 9.89. The van der Waals surface area contributed by atoms with Gasteiger partial charge < -0.3 is 10.0 Å². The minimum absolute atomic E-state index is 0.0368. The number of hydrogen-bond acceptors (Lipinski definition) is 4. The standard InChI is InChI=1S/C28H30N4O2/c1-18(2)32-27-25(17-29-32)24(16-26(30-27)23-7-5-4-6-19(23)3)28(34)31-14-12-21(13-15-31)20-8-10-22(33)11-9-20/h4-11,16-18,21,33H,12-15H2,1-3H3. The van der Waals surface area contributed by atoms with Crippen LogP contribution in [0.15, 0.2) is 60.8 Å². The molecule has 2 aromatic heterocycles. The summed E-state index contributed by atoms with van der Waals surface area (Å²) in [5.41, 5.74) is 5.59. The number of piperidine rings is 1. The molecule has 0 atom stereocenters. The van der Waals surface area contributed by atoms with Crippen LogP contribution in [0.1, 0.15) is 60.1 Å². The fraction of sp³-hybridized carbons (Fsp3) is 0.321. The summed E-state index contributed by atoms with van der Waals surface area (Å²) in [6.45, 7) is 7.61. The summed E-state index contributed by atoms with van der Waals surface area (Å²) < 4.78 is 1.89. The fourth-order valence-corrected chi connectivity index (χ4v) is 4.90. The maximum Gasteiger partial charge on any atom is 0.254 e. The quantitative estimate of drug-likeness (QED) is 0.429. The summed E-state index contributed by atoms with van der Waals surface area (Å²) in [7, 11) is 0. The summed E-state index contributed by atoms with van der Waals surface area (Å²) >= 11 is 0. The number of aromatic hydroxyl groups is 1. The van der Waals surface area contributed by atoms with E-state index in [-0.39, 0.29) is 17.7 Å². The smallest absolute Gasteiger partial charge is 0.254 e. The molecule has 5 rings (SSSR count). The zero-order chi connectivity index (χ0) is 23.8. The van der Waals surface area contributed by atoms with E-state index in [4.69, 9.17) is 4.98 Å². The Labute approximate surface area is 199 Å². The minimum atomic E-state index is 0.0368. The van der Waals surface area contributed by atoms with Gasteiger partial charge in [0.2, 0.25) is 0 Å². The molecule has 1 N–H and O–H groups in total. The first-order chi connectivity index (χ1) is 16.4. The maximum absolute atomic E-state index is 13.8. The molecule has 34 heavy (non-hydrogen) atoms. The Morgan fingerprint density at radius 3 is 2.44 bits per heavy atom. The zero-order valence-corrected chi connectivity index (χ0v) is 19.9. The van der Waals surface area contributed by atoms with E-state index in [2.05, 4.69) is 38.0 Å². The van der Waals surface area contributed by atoms with E-state index in [0.29, 0.717) is 24.6 Å². The van der Waals surface area contributed by atoms with Crippen molar-refractivity contribution in [2.75, 3.05) is 13.1 Å². The van der Waals surface area contributed by atoms with E-state index >= 15 is 0 Å². The normalized spacial score (nSPS) is 14.8. The van der Waals surface area contributed by atoms with Crippen LogP contribution in [0, 0.1) is 6.92 Å². The Bertz CT molecular complexity index is 1330. The van der Waals surface area contributed by atoms with Crippen molar-refractivity contribution in [3.8, 4) is 17.0 Å². The fourth-order valence-electron chi connectivity index (χ4n) is 4.90. The molecule has 6 nitrogen and oxygen atoms in total. The van der Waals surface area contributed by atoms with Crippen molar-refractivity contribution >= 4 is 16.9 Å². The number of benzene rings is 2. The van der Waals surface area contributed by atoms with Crippen LogP contribution < -0.4 is 0 Å². The highest BCUT2D eigenvalue weighted by Crippen LogP contribution is 2.32. The van der Waals surface area contributed by atoms with Crippen LogP contribution in [-0.4, -0.2) is 43.8 Å². The van der Waals surface area contributed by atoms with Crippen LogP contribution in [0.25, 0.3) is 22.3 Å². The molecule has 0 spiro atoms. The monoisotopic (exact) mass is 454 g/mol. The number of rotatable bonds is 4. The number of carbonyl (C=O) groups is 1. The van der Waals surface area contributed by atoms with Gasteiger partial charge in [0.05, 0.1) is 22.8 Å². The van der Waals surface area contributed by atoms with Crippen LogP contribution >= 0.6 is 0 Å². The van der Waals surface area contributed by atoms with E-state index in [1.165, 1.54) is 5.56 Å². The SMILES string of the molecule is Cc1ccccc1-c1cc(C(=O)N2CCC(c3ccc(O)cc3)CC2)c2cnn(C(C)C)c2n1. The summed E-state index contributed by atoms with van der Waals surface area (Å²) in [5.74, 6) is 0.715. The molecule has 1 amide bonds. The van der Waals surface area contributed by atoms with E-state index in [1.54, 1.807) is 18.3 Å². The predicted molar refractivity (Wildman–Crippen MR) is 134 cm³/mol. The Morgan fingerprint density at radius 1 is 1.06 bits per heavy atom. The minimum Gasteiger partial charge on any atom is -0.508 e. The molecule has 1 saturated heterocycles. The van der Waals surface area contributed by atoms with Gasteiger partial charge in [-0.25, -0.2) is 9.67 Å². The van der Waals surface area contributed by atoms with Gasteiger partial charge in [0.15, 0.2) is 5.65 Å². The zero-order valence-electron chi connectivity index (χ0n) is 19.9. The number of pyridine rings is 1. The molecule has 4 aromatic rings. The maximum atomic E-state index is 13.8. The number of phenolic OH excluding ortho intramolecular Hbond substituents is 1. The van der Waals surface area contributed by atoms with Crippen LogP contribution in [0.4, 0.5) is 0 Å². The number of carbonyl (C=O) groups excluding carboxylic acids is 1. The Kier molecular flexibility index (Phi) is 5.82. The Balaban J connectivity index is 1.48. The summed E-state index contributed by atoms with van der Waals surface area (Å²) in [6, 6.07) is 17.7. The van der Waals surface area contributed by atoms with E-state index in [0.717, 1.165) is 40.7 Å². The number of aromatic nitrogens is 3. The van der Waals surface area contributed by atoms with Gasteiger partial charge in [0, 0.05) is 24.7 Å². The van der Waals surface area contributed by atoms with Crippen LogP contribution in [-0.2, 0) is 0 Å². The first kappa shape index (κ1) is 22.1. The molecule has 0 saturated carbocycles. The van der Waals surface area contributed by atoms with E-state index < -0.39 is 0 Å². The second-order valence-corrected chi connectivity index (χ2v) is 9.45. The van der Waals surface area contributed by atoms with Gasteiger partial charge in [-0.05, 0) is 68.9 Å². The van der Waals surface area contributed by atoms with Gasteiger partial charge in [0.25, 0.3) is 5.91 Å². The van der Waals surface area contributed by atoms with Gasteiger partial charge in [-0.1, -0.05) is 36.4 Å². The first-order valence-corrected chi connectivity index (χ1v) is 11.9. The molecule has 0 aliphatic carbocycles. The average molecular weight is 455 g/mol. The van der Waals surface area contributed by atoms with Crippen molar-refractivity contribution in [3.63, 3.8) is 0 Å². The van der Waals surface area contributed by atoms with Crippen molar-refractivity contribution in [1.29, 1.82) is 0 Å². The molecule has 1 aliphatic rings. The number of likely N-dealkylation sites (tertiary alicyclic amines) is 1. The number of amides is 1. The molecule has 174 valence electrons. The van der Waals surface area contributed by atoms with Crippen molar-refractivity contribution in [1.82, 2.24) is 19.7 Å². The number of aryl methyl sites for hydroxylation is 1. The molecule has 3 heterocycles. The van der Waals surface area contributed by atoms with E-state index in [9.17, 15) is 9.90 Å². The third-order valence-corrected chi connectivity index (χ3v) is 6.85. The average Bonchev–Trinajstić information content (AvgIpc) is 3.28. The lowest BCUT2D eigenvalue weighted by Crippen LogP contribution is -2.38. The Morgan fingerprint density at radius 2 is 1.76 bits per heavy atom. The highest BCUT2D eigenvalue weighted by Gasteiger charge is 2.27. The van der Waals surface area contributed by atoms with Crippen molar-refractivity contribution in [3.05, 3.63) is 77.5 Å². The summed E-state index contributed by atoms with van der Waals surface area (Å²) in [6.07, 6.45) is 3.59. The van der Waals surface area contributed by atoms with E-state index in [1.807, 2.05) is 39.9 Å². The molecule has 1 fully saturated rings. The lowest BCUT2D eigenvalue weighted by molar-refractivity contribution is 0.0715. The van der Waals surface area contributed by atoms with Crippen LogP contribution in [0.2, 0.25) is 0 Å².